The maximum Gasteiger partial charge on any atom is 0.410 e. The second-order valence-corrected chi connectivity index (χ2v) is 18.4. The van der Waals surface area contributed by atoms with Crippen molar-refractivity contribution in [3.05, 3.63) is 81.9 Å². The van der Waals surface area contributed by atoms with Crippen molar-refractivity contribution in [2.45, 2.75) is 140 Å². The summed E-state index contributed by atoms with van der Waals surface area (Å²) in [7, 11) is 3.35. The number of nitro benzene ring substituents is 1. The summed E-state index contributed by atoms with van der Waals surface area (Å²) in [5.41, 5.74) is -2.43. The maximum atomic E-state index is 14.9. The van der Waals surface area contributed by atoms with Gasteiger partial charge in [0, 0.05) is 50.2 Å². The molecule has 1 spiro atoms. The summed E-state index contributed by atoms with van der Waals surface area (Å²) >= 11 is 0. The zero-order valence-electron chi connectivity index (χ0n) is 38.1. The number of esters is 1. The number of Topliss-reactive ketones (excluding diaryl/α,β-unsaturated/α-hetero) is 2. The van der Waals surface area contributed by atoms with E-state index in [9.17, 15) is 34.4 Å². The molecule has 15 nitrogen and oxygen atoms in total. The monoisotopic (exact) mass is 875 g/mol. The van der Waals surface area contributed by atoms with Crippen LogP contribution in [0, 0.1) is 33.8 Å². The van der Waals surface area contributed by atoms with Gasteiger partial charge in [-0.1, -0.05) is 70.2 Å². The van der Waals surface area contributed by atoms with E-state index in [-0.39, 0.29) is 30.7 Å². The average Bonchev–Trinajstić information content (AvgIpc) is 3.75. The molecule has 6 rings (SSSR count). The van der Waals surface area contributed by atoms with Gasteiger partial charge in [-0.15, -0.1) is 0 Å². The number of rotatable bonds is 12. The fourth-order valence-corrected chi connectivity index (χ4v) is 10.9. The molecule has 2 aromatic carbocycles. The smallest absolute Gasteiger partial charge is 0.410 e. The predicted molar refractivity (Wildman–Crippen MR) is 233 cm³/mol. The standard InChI is InChI=1S/C48H65N3O12/c1-10-37-47(7)42(50(45(56)63-47)26-15-14-19-33-17-12-11-13-18-33)30(3)39(52)29(2)28-46(6,59-9)48(32(5)40(53)31(4)43(55)60-37)38-27-36(41(54)44(61-38)62-48)49(8)25-16-20-34-21-23-35(24-22-34)51(57)58/h11-13,16-18,20-24,29-32,36-38,41-42,44,54H,10,14-15,19,25-28H2,1-9H3/b20-16+/t29-,30+,31-,32+,36+,37?,38?,41-,42-,44+,46-,47-,48+/m1/s1. The maximum absolute atomic E-state index is 14.9. The van der Waals surface area contributed by atoms with E-state index in [0.29, 0.717) is 19.5 Å². The number of cyclic esters (lactones) is 1. The first-order valence-corrected chi connectivity index (χ1v) is 22.3. The minimum atomic E-state index is -1.58. The summed E-state index contributed by atoms with van der Waals surface area (Å²) in [4.78, 5) is 72.0. The molecule has 2 bridgehead atoms. The lowest BCUT2D eigenvalue weighted by Gasteiger charge is -2.51. The highest BCUT2D eigenvalue weighted by Gasteiger charge is 2.70. The molecule has 1 N–H and O–H groups in total. The molecule has 4 aliphatic rings. The molecule has 2 unspecified atom stereocenters. The van der Waals surface area contributed by atoms with E-state index >= 15 is 0 Å². The number of benzene rings is 2. The fraction of sp³-hybridized carbons (Fsp3) is 0.625. The molecule has 13 atom stereocenters. The SMILES string of the molecule is CCC1OC(=O)[C@H](C)C(=O)[C@H](C)[C@@]2(O[C@@H]3OC2C[C@H](N(C)C/C=C/c2ccc([N+](=O)[O-])cc2)[C@H]3O)[C@](C)(OC)C[C@@H](C)C(=O)[C@H](C)[C@H]2N(CCCCc3ccccc3)C(=O)O[C@]12C. The summed E-state index contributed by atoms with van der Waals surface area (Å²) in [5.74, 6) is -5.25. The quantitative estimate of drug-likeness (QED) is 0.0795. The van der Waals surface area contributed by atoms with E-state index < -0.39 is 99.9 Å². The lowest BCUT2D eigenvalue weighted by Crippen LogP contribution is -2.66. The Bertz CT molecular complexity index is 2010. The number of carbonyl (C=O) groups excluding carboxylic acids is 4. The Labute approximate surface area is 370 Å². The molecule has 0 radical (unpaired) electrons. The fourth-order valence-electron chi connectivity index (χ4n) is 10.9. The van der Waals surface area contributed by atoms with Crippen molar-refractivity contribution in [2.75, 3.05) is 27.2 Å². The zero-order chi connectivity index (χ0) is 46.0. The number of likely N-dealkylation sites (N-methyl/N-ethyl adjacent to an activating group) is 1. The summed E-state index contributed by atoms with van der Waals surface area (Å²) in [6.07, 6.45) is 1.82. The first-order valence-electron chi connectivity index (χ1n) is 22.3. The minimum Gasteiger partial charge on any atom is -0.458 e. The van der Waals surface area contributed by atoms with E-state index in [1.54, 1.807) is 44.7 Å². The van der Waals surface area contributed by atoms with Crippen LogP contribution in [-0.2, 0) is 44.5 Å². The van der Waals surface area contributed by atoms with Gasteiger partial charge < -0.3 is 33.7 Å². The molecule has 1 amide bonds. The van der Waals surface area contributed by atoms with Gasteiger partial charge in [0.15, 0.2) is 17.7 Å². The van der Waals surface area contributed by atoms with E-state index in [4.69, 9.17) is 23.7 Å². The van der Waals surface area contributed by atoms with Gasteiger partial charge in [0.2, 0.25) is 0 Å². The normalized spacial score (nSPS) is 36.4. The Morgan fingerprint density at radius 3 is 2.32 bits per heavy atom. The molecule has 344 valence electrons. The Balaban J connectivity index is 1.31. The van der Waals surface area contributed by atoms with Gasteiger partial charge in [-0.2, -0.15) is 0 Å². The third-order valence-corrected chi connectivity index (χ3v) is 14.5. The molecule has 4 heterocycles. The number of ether oxygens (including phenoxy) is 5. The number of non-ortho nitro benzene ring substituents is 1. The number of fused-ring (bicyclic) bond motifs is 4. The van der Waals surface area contributed by atoms with Crippen molar-refractivity contribution in [1.82, 2.24) is 9.80 Å². The first-order chi connectivity index (χ1) is 29.8. The van der Waals surface area contributed by atoms with Crippen molar-refractivity contribution in [3.63, 3.8) is 0 Å². The van der Waals surface area contributed by atoms with Crippen LogP contribution in [-0.4, -0.2) is 124 Å². The summed E-state index contributed by atoms with van der Waals surface area (Å²) in [5, 5.41) is 22.9. The molecule has 0 aliphatic carbocycles. The molecule has 4 aliphatic heterocycles. The predicted octanol–water partition coefficient (Wildman–Crippen LogP) is 6.57. The van der Waals surface area contributed by atoms with Gasteiger partial charge in [0.25, 0.3) is 5.69 Å². The highest BCUT2D eigenvalue weighted by molar-refractivity contribution is 6.00. The Kier molecular flexibility index (Phi) is 14.7. The van der Waals surface area contributed by atoms with Gasteiger partial charge in [-0.3, -0.25) is 29.4 Å². The van der Waals surface area contributed by atoms with Gasteiger partial charge >= 0.3 is 12.1 Å². The summed E-state index contributed by atoms with van der Waals surface area (Å²) in [6, 6.07) is 15.0. The Morgan fingerprint density at radius 2 is 1.68 bits per heavy atom. The Hall–Kier alpha value is -4.54. The molecule has 2 aromatic rings. The molecular weight excluding hydrogens is 811 g/mol. The molecule has 0 saturated carbocycles. The van der Waals surface area contributed by atoms with Crippen LogP contribution in [0.15, 0.2) is 60.7 Å². The number of nitro groups is 1. The number of amides is 1. The topological polar surface area (TPSA) is 184 Å². The molecule has 0 aromatic heterocycles. The number of hydrogen-bond donors (Lipinski definition) is 1. The number of carbonyl (C=O) groups is 4. The van der Waals surface area contributed by atoms with E-state index in [2.05, 4.69) is 12.1 Å². The molecular formula is C48H65N3O12. The summed E-state index contributed by atoms with van der Waals surface area (Å²) in [6.45, 7) is 12.8. The lowest BCUT2D eigenvalue weighted by molar-refractivity contribution is -0.384. The Morgan fingerprint density at radius 1 is 1.00 bits per heavy atom. The third-order valence-electron chi connectivity index (χ3n) is 14.5. The van der Waals surface area contributed by atoms with Crippen LogP contribution in [0.3, 0.4) is 0 Å². The lowest BCUT2D eigenvalue weighted by atomic mass is 9.64. The largest absolute Gasteiger partial charge is 0.458 e. The van der Waals surface area contributed by atoms with E-state index in [0.717, 1.165) is 18.4 Å². The van der Waals surface area contributed by atoms with Crippen molar-refractivity contribution < 1.29 is 52.9 Å². The van der Waals surface area contributed by atoms with Gasteiger partial charge in [0.1, 0.15) is 29.5 Å². The van der Waals surface area contributed by atoms with E-state index in [1.807, 2.05) is 56.1 Å². The number of hydrogen-bond acceptors (Lipinski definition) is 13. The number of nitrogens with zero attached hydrogens (tertiary/aromatic N) is 3. The van der Waals surface area contributed by atoms with Crippen molar-refractivity contribution in [1.29, 1.82) is 0 Å². The zero-order valence-corrected chi connectivity index (χ0v) is 38.1. The number of ketones is 2. The van der Waals surface area contributed by atoms with Gasteiger partial charge in [-0.05, 0) is 89.6 Å². The van der Waals surface area contributed by atoms with Crippen LogP contribution in [0.25, 0.3) is 6.08 Å². The highest BCUT2D eigenvalue weighted by Crippen LogP contribution is 2.54. The van der Waals surface area contributed by atoms with Crippen LogP contribution in [0.5, 0.6) is 0 Å². The molecule has 4 saturated heterocycles. The second-order valence-electron chi connectivity index (χ2n) is 18.4. The molecule has 15 heteroatoms. The van der Waals surface area contributed by atoms with Crippen LogP contribution in [0.4, 0.5) is 10.5 Å². The number of methoxy groups -OCH3 is 1. The minimum absolute atomic E-state index is 0.00694. The number of aryl methyl sites for hydroxylation is 1. The number of aliphatic hydroxyl groups is 1. The van der Waals surface area contributed by atoms with Crippen molar-refractivity contribution in [3.8, 4) is 0 Å². The third kappa shape index (κ3) is 9.09. The van der Waals surface area contributed by atoms with Gasteiger partial charge in [0.05, 0.1) is 28.6 Å². The highest BCUT2D eigenvalue weighted by atomic mass is 16.8. The first kappa shape index (κ1) is 47.9. The molecule has 63 heavy (non-hydrogen) atoms. The summed E-state index contributed by atoms with van der Waals surface area (Å²) < 4.78 is 32.1. The van der Waals surface area contributed by atoms with Crippen LogP contribution in [0.1, 0.15) is 91.7 Å². The number of aliphatic hydroxyl groups excluding tert-OH is 1. The van der Waals surface area contributed by atoms with Crippen LogP contribution >= 0.6 is 0 Å². The van der Waals surface area contributed by atoms with Crippen molar-refractivity contribution >= 4 is 35.4 Å². The van der Waals surface area contributed by atoms with Gasteiger partial charge in [-0.25, -0.2) is 4.79 Å². The molecule has 4 fully saturated rings. The van der Waals surface area contributed by atoms with Crippen LogP contribution in [0.2, 0.25) is 0 Å². The van der Waals surface area contributed by atoms with E-state index in [1.165, 1.54) is 31.7 Å². The van der Waals surface area contributed by atoms with Crippen molar-refractivity contribution in [2.24, 2.45) is 23.7 Å². The average molecular weight is 876 g/mol. The number of unbranched alkanes of at least 4 members (excludes halogenated alkanes) is 1. The van der Waals surface area contributed by atoms with Crippen LogP contribution < -0.4 is 0 Å². The second kappa shape index (κ2) is 19.3.